The molecule has 0 bridgehead atoms. The first-order valence-electron chi connectivity index (χ1n) is 8.88. The van der Waals surface area contributed by atoms with Gasteiger partial charge in [0, 0.05) is 60.1 Å². The summed E-state index contributed by atoms with van der Waals surface area (Å²) in [6.07, 6.45) is 5.77. The van der Waals surface area contributed by atoms with E-state index in [0.29, 0.717) is 6.54 Å². The molecule has 1 aromatic carbocycles. The molecule has 0 amide bonds. The number of aliphatic hydroxyl groups excluding tert-OH is 1. The minimum Gasteiger partial charge on any atom is -0.387 e. The predicted octanol–water partition coefficient (Wildman–Crippen LogP) is 3.97. The van der Waals surface area contributed by atoms with E-state index in [0.717, 1.165) is 42.2 Å². The molecule has 0 radical (unpaired) electrons. The van der Waals surface area contributed by atoms with Gasteiger partial charge in [-0.15, -0.1) is 6.58 Å². The van der Waals surface area contributed by atoms with Crippen LogP contribution in [0.5, 0.6) is 0 Å². The van der Waals surface area contributed by atoms with Crippen molar-refractivity contribution in [3.05, 3.63) is 77.2 Å². The van der Waals surface area contributed by atoms with Gasteiger partial charge in [0.25, 0.3) is 0 Å². The Kier molecular flexibility index (Phi) is 4.81. The van der Waals surface area contributed by atoms with E-state index in [1.807, 2.05) is 30.3 Å². The summed E-state index contributed by atoms with van der Waals surface area (Å²) in [6.45, 7) is 7.15. The Morgan fingerprint density at radius 3 is 2.85 bits per heavy atom. The Hall–Kier alpha value is -2.14. The third-order valence-electron chi connectivity index (χ3n) is 5.13. The fourth-order valence-corrected chi connectivity index (χ4v) is 4.06. The number of nitrogens with zero attached hydrogens (tertiary/aromatic N) is 3. The molecule has 0 aliphatic carbocycles. The monoisotopic (exact) mass is 367 g/mol. The van der Waals surface area contributed by atoms with Crippen LogP contribution < -0.4 is 0 Å². The molecule has 5 heteroatoms. The van der Waals surface area contributed by atoms with Gasteiger partial charge in [0.2, 0.25) is 0 Å². The van der Waals surface area contributed by atoms with Gasteiger partial charge in [-0.2, -0.15) is 0 Å². The van der Waals surface area contributed by atoms with Crippen LogP contribution in [0.2, 0.25) is 5.02 Å². The first kappa shape index (κ1) is 17.3. The zero-order chi connectivity index (χ0) is 18.1. The summed E-state index contributed by atoms with van der Waals surface area (Å²) < 4.78 is 2.26. The zero-order valence-corrected chi connectivity index (χ0v) is 15.4. The fourth-order valence-electron chi connectivity index (χ4n) is 3.89. The van der Waals surface area contributed by atoms with Gasteiger partial charge in [0.1, 0.15) is 0 Å². The van der Waals surface area contributed by atoms with Crippen LogP contribution in [0.15, 0.2) is 55.4 Å². The van der Waals surface area contributed by atoms with E-state index in [1.165, 1.54) is 16.6 Å². The maximum absolute atomic E-state index is 10.7. The van der Waals surface area contributed by atoms with E-state index in [2.05, 4.69) is 27.1 Å². The fraction of sp³-hybridized carbons (Fsp3) is 0.286. The molecule has 1 aliphatic rings. The van der Waals surface area contributed by atoms with Crippen LogP contribution in [0.4, 0.5) is 0 Å². The summed E-state index contributed by atoms with van der Waals surface area (Å²) in [7, 11) is 0. The third-order valence-corrected chi connectivity index (χ3v) is 5.36. The molecule has 3 heterocycles. The van der Waals surface area contributed by atoms with Crippen LogP contribution in [0.3, 0.4) is 0 Å². The molecule has 134 valence electrons. The normalized spacial score (nSPS) is 15.8. The molecular formula is C21H22ClN3O. The third kappa shape index (κ3) is 3.16. The van der Waals surface area contributed by atoms with Crippen molar-refractivity contribution in [2.75, 3.05) is 13.1 Å². The molecule has 1 unspecified atom stereocenters. The van der Waals surface area contributed by atoms with Gasteiger partial charge in [-0.05, 0) is 41.5 Å². The molecule has 3 aromatic rings. The Bertz CT molecular complexity index is 935. The van der Waals surface area contributed by atoms with Crippen molar-refractivity contribution < 1.29 is 5.11 Å². The van der Waals surface area contributed by atoms with Gasteiger partial charge in [-0.25, -0.2) is 0 Å². The van der Waals surface area contributed by atoms with E-state index < -0.39 is 6.10 Å². The van der Waals surface area contributed by atoms with Gasteiger partial charge < -0.3 is 9.67 Å². The standard InChI is InChI=1S/C21H22ClN3O/c1-2-10-24-11-7-20-18(13-24)17-12-16(22)3-4-19(17)25(20)14-21(26)15-5-8-23-9-6-15/h2-6,8-9,12,21,26H,1,7,10-11,13-14H2. The molecule has 1 aliphatic heterocycles. The summed E-state index contributed by atoms with van der Waals surface area (Å²) in [4.78, 5) is 6.42. The molecular weight excluding hydrogens is 346 g/mol. The summed E-state index contributed by atoms with van der Waals surface area (Å²) in [6, 6.07) is 9.76. The quantitative estimate of drug-likeness (QED) is 0.694. The maximum Gasteiger partial charge on any atom is 0.0970 e. The van der Waals surface area contributed by atoms with Crippen LogP contribution in [-0.4, -0.2) is 32.6 Å². The van der Waals surface area contributed by atoms with Gasteiger partial charge in [-0.1, -0.05) is 17.7 Å². The lowest BCUT2D eigenvalue weighted by atomic mass is 10.0. The van der Waals surface area contributed by atoms with Crippen molar-refractivity contribution in [3.63, 3.8) is 0 Å². The lowest BCUT2D eigenvalue weighted by Crippen LogP contribution is -2.31. The van der Waals surface area contributed by atoms with E-state index in [4.69, 9.17) is 11.6 Å². The van der Waals surface area contributed by atoms with E-state index in [-0.39, 0.29) is 0 Å². The minimum atomic E-state index is -0.570. The Balaban J connectivity index is 1.76. The molecule has 1 N–H and O–H groups in total. The van der Waals surface area contributed by atoms with Crippen LogP contribution in [0, 0.1) is 0 Å². The number of rotatable bonds is 5. The Morgan fingerprint density at radius 2 is 2.08 bits per heavy atom. The Morgan fingerprint density at radius 1 is 1.27 bits per heavy atom. The highest BCUT2D eigenvalue weighted by Crippen LogP contribution is 2.34. The molecule has 0 fully saturated rings. The molecule has 4 nitrogen and oxygen atoms in total. The second-order valence-electron chi connectivity index (χ2n) is 6.77. The lowest BCUT2D eigenvalue weighted by Gasteiger charge is -2.27. The average Bonchev–Trinajstić information content (AvgIpc) is 2.95. The molecule has 4 rings (SSSR count). The van der Waals surface area contributed by atoms with Crippen molar-refractivity contribution in [1.29, 1.82) is 0 Å². The second kappa shape index (κ2) is 7.23. The SMILES string of the molecule is C=CCN1CCc2c(c3cc(Cl)ccc3n2CC(O)c2ccncc2)C1. The van der Waals surface area contributed by atoms with Crippen LogP contribution in [0.25, 0.3) is 10.9 Å². The van der Waals surface area contributed by atoms with Gasteiger partial charge in [-0.3, -0.25) is 9.88 Å². The second-order valence-corrected chi connectivity index (χ2v) is 7.20. The van der Waals surface area contributed by atoms with Gasteiger partial charge >= 0.3 is 0 Å². The van der Waals surface area contributed by atoms with E-state index >= 15 is 0 Å². The summed E-state index contributed by atoms with van der Waals surface area (Å²) in [5.41, 5.74) is 4.63. The number of aromatic nitrogens is 2. The van der Waals surface area contributed by atoms with Crippen LogP contribution in [0.1, 0.15) is 22.9 Å². The lowest BCUT2D eigenvalue weighted by molar-refractivity contribution is 0.156. The molecule has 2 aromatic heterocycles. The van der Waals surface area contributed by atoms with Gasteiger partial charge in [0.15, 0.2) is 0 Å². The Labute approximate surface area is 158 Å². The average molecular weight is 368 g/mol. The smallest absolute Gasteiger partial charge is 0.0970 e. The van der Waals surface area contributed by atoms with Crippen LogP contribution >= 0.6 is 11.6 Å². The minimum absolute atomic E-state index is 0.527. The van der Waals surface area contributed by atoms with Crippen molar-refractivity contribution >= 4 is 22.5 Å². The number of halogens is 1. The van der Waals surface area contributed by atoms with Crippen molar-refractivity contribution in [2.24, 2.45) is 0 Å². The summed E-state index contributed by atoms with van der Waals surface area (Å²) in [5, 5.41) is 12.7. The molecule has 0 saturated heterocycles. The molecule has 1 atom stereocenters. The molecule has 0 spiro atoms. The highest BCUT2D eigenvalue weighted by molar-refractivity contribution is 6.31. The number of hydrogen-bond donors (Lipinski definition) is 1. The predicted molar refractivity (Wildman–Crippen MR) is 105 cm³/mol. The zero-order valence-electron chi connectivity index (χ0n) is 14.6. The number of hydrogen-bond acceptors (Lipinski definition) is 3. The molecule has 26 heavy (non-hydrogen) atoms. The van der Waals surface area contributed by atoms with Gasteiger partial charge in [0.05, 0.1) is 12.6 Å². The first-order valence-corrected chi connectivity index (χ1v) is 9.26. The first-order chi connectivity index (χ1) is 12.7. The van der Waals surface area contributed by atoms with Crippen molar-refractivity contribution in [2.45, 2.75) is 25.6 Å². The maximum atomic E-state index is 10.7. The number of benzene rings is 1. The highest BCUT2D eigenvalue weighted by atomic mass is 35.5. The number of pyridine rings is 1. The highest BCUT2D eigenvalue weighted by Gasteiger charge is 2.24. The summed E-state index contributed by atoms with van der Waals surface area (Å²) in [5.74, 6) is 0. The van der Waals surface area contributed by atoms with Crippen LogP contribution in [-0.2, 0) is 19.5 Å². The van der Waals surface area contributed by atoms with E-state index in [9.17, 15) is 5.11 Å². The van der Waals surface area contributed by atoms with Crippen molar-refractivity contribution in [3.8, 4) is 0 Å². The van der Waals surface area contributed by atoms with Crippen molar-refractivity contribution in [1.82, 2.24) is 14.5 Å². The number of fused-ring (bicyclic) bond motifs is 3. The topological polar surface area (TPSA) is 41.3 Å². The van der Waals surface area contributed by atoms with E-state index in [1.54, 1.807) is 12.4 Å². The largest absolute Gasteiger partial charge is 0.387 e. The summed E-state index contributed by atoms with van der Waals surface area (Å²) >= 11 is 6.27. The number of aliphatic hydroxyl groups is 1. The molecule has 0 saturated carbocycles.